The molecular formula is C20H39Cl3O2S. The van der Waals surface area contributed by atoms with Gasteiger partial charge in [0.2, 0.25) is 0 Å². The highest BCUT2D eigenvalue weighted by Gasteiger charge is 1.97. The van der Waals surface area contributed by atoms with E-state index in [0.717, 1.165) is 18.4 Å². The van der Waals surface area contributed by atoms with Crippen LogP contribution in [0.3, 0.4) is 0 Å². The van der Waals surface area contributed by atoms with Crippen molar-refractivity contribution in [2.24, 2.45) is 0 Å². The molecule has 0 rings (SSSR count). The molecule has 0 aliphatic rings. The third-order valence-electron chi connectivity index (χ3n) is 4.08. The third kappa shape index (κ3) is 35.5. The van der Waals surface area contributed by atoms with Crippen molar-refractivity contribution in [1.82, 2.24) is 0 Å². The molecule has 0 saturated heterocycles. The van der Waals surface area contributed by atoms with Crippen LogP contribution in [0.4, 0.5) is 0 Å². The zero-order valence-electron chi connectivity index (χ0n) is 16.4. The first-order valence-electron chi connectivity index (χ1n) is 9.87. The van der Waals surface area contributed by atoms with E-state index in [1.165, 1.54) is 83.5 Å². The molecular weight excluding hydrogens is 411 g/mol. The second kappa shape index (κ2) is 27.6. The summed E-state index contributed by atoms with van der Waals surface area (Å²) in [7, 11) is 0. The van der Waals surface area contributed by atoms with Gasteiger partial charge in [-0.15, -0.1) is 0 Å². The number of carboxylic acids is 1. The Hall–Kier alpha value is 0.430. The molecule has 0 saturated carbocycles. The van der Waals surface area contributed by atoms with Crippen LogP contribution in [-0.2, 0) is 4.79 Å². The Kier molecular flexibility index (Phi) is 33.1. The van der Waals surface area contributed by atoms with Crippen LogP contribution >= 0.6 is 48.3 Å². The van der Waals surface area contributed by atoms with E-state index < -0.39 is 5.97 Å². The first kappa shape index (κ1) is 31.1. The number of carbonyl (C=O) groups is 1. The lowest BCUT2D eigenvalue weighted by atomic mass is 10.0. The molecule has 0 amide bonds. The summed E-state index contributed by atoms with van der Waals surface area (Å²) in [4.78, 5) is 10.3. The average Bonchev–Trinajstić information content (AvgIpc) is 2.58. The molecule has 26 heavy (non-hydrogen) atoms. The van der Waals surface area contributed by atoms with E-state index in [0.29, 0.717) is 6.42 Å². The van der Waals surface area contributed by atoms with Crippen LogP contribution in [0.15, 0.2) is 10.0 Å². The Bertz CT molecular complexity index is 309. The van der Waals surface area contributed by atoms with Gasteiger partial charge in [0.1, 0.15) is 4.49 Å². The lowest BCUT2D eigenvalue weighted by Crippen LogP contribution is -1.93. The normalized spacial score (nSPS) is 9.69. The maximum Gasteiger partial charge on any atom is 0.303 e. The first-order chi connectivity index (χ1) is 12.0. The van der Waals surface area contributed by atoms with Crippen LogP contribution in [0.2, 0.25) is 0 Å². The number of carboxylic acid groups (broad SMARTS) is 1. The molecule has 0 bridgehead atoms. The summed E-state index contributed by atoms with van der Waals surface area (Å²) < 4.78 is 0.0895. The van der Waals surface area contributed by atoms with Crippen LogP contribution in [-0.4, -0.2) is 11.1 Å². The zero-order chi connectivity index (χ0) is 19.2. The highest BCUT2D eigenvalue weighted by molar-refractivity contribution is 7.59. The molecule has 0 aromatic heterocycles. The van der Waals surface area contributed by atoms with Gasteiger partial charge in [0.15, 0.2) is 0 Å². The van der Waals surface area contributed by atoms with E-state index in [-0.39, 0.29) is 18.0 Å². The summed E-state index contributed by atoms with van der Waals surface area (Å²) in [6.45, 7) is 2.27. The standard InChI is InChI=1S/C18H36O2.C2HCl3.H2S/c1-2-3-4-5-6-7-8-9-10-11-12-13-14-15-16-17-18(19)20;3-1-2(4)5;/h2-17H2,1H3,(H,19,20);1H;1H2. The van der Waals surface area contributed by atoms with Gasteiger partial charge in [-0.3, -0.25) is 4.79 Å². The molecule has 0 fully saturated rings. The molecule has 6 heteroatoms. The number of unbranched alkanes of at least 4 members (excludes halogenated alkanes) is 14. The minimum Gasteiger partial charge on any atom is -0.481 e. The average molecular weight is 450 g/mol. The van der Waals surface area contributed by atoms with Crippen molar-refractivity contribution in [2.75, 3.05) is 0 Å². The van der Waals surface area contributed by atoms with Crippen LogP contribution < -0.4 is 0 Å². The van der Waals surface area contributed by atoms with E-state index in [1.807, 2.05) is 0 Å². The number of halogens is 3. The Labute approximate surface area is 183 Å². The van der Waals surface area contributed by atoms with Gasteiger partial charge >= 0.3 is 5.97 Å². The van der Waals surface area contributed by atoms with Crippen LogP contribution in [0.5, 0.6) is 0 Å². The molecule has 2 nitrogen and oxygen atoms in total. The first-order valence-corrected chi connectivity index (χ1v) is 11.1. The molecule has 0 aliphatic carbocycles. The molecule has 0 radical (unpaired) electrons. The van der Waals surface area contributed by atoms with Crippen molar-refractivity contribution < 1.29 is 9.90 Å². The van der Waals surface area contributed by atoms with Crippen LogP contribution in [0.25, 0.3) is 0 Å². The molecule has 0 spiro atoms. The van der Waals surface area contributed by atoms with Crippen molar-refractivity contribution in [1.29, 1.82) is 0 Å². The summed E-state index contributed by atoms with van der Waals surface area (Å²) in [6, 6.07) is 0. The van der Waals surface area contributed by atoms with E-state index in [4.69, 9.17) is 39.9 Å². The summed E-state index contributed by atoms with van der Waals surface area (Å²) in [5.41, 5.74) is 1.09. The number of hydrogen-bond donors (Lipinski definition) is 1. The van der Waals surface area contributed by atoms with Gasteiger partial charge in [0.25, 0.3) is 0 Å². The van der Waals surface area contributed by atoms with Gasteiger partial charge in [-0.1, -0.05) is 132 Å². The molecule has 0 aliphatic heterocycles. The van der Waals surface area contributed by atoms with Gasteiger partial charge < -0.3 is 5.11 Å². The van der Waals surface area contributed by atoms with Crippen molar-refractivity contribution in [3.8, 4) is 0 Å². The Morgan fingerprint density at radius 1 is 0.731 bits per heavy atom. The predicted molar refractivity (Wildman–Crippen MR) is 123 cm³/mol. The van der Waals surface area contributed by atoms with Crippen LogP contribution in [0, 0.1) is 0 Å². The van der Waals surface area contributed by atoms with Crippen LogP contribution in [0.1, 0.15) is 110 Å². The van der Waals surface area contributed by atoms with Crippen molar-refractivity contribution in [2.45, 2.75) is 110 Å². The van der Waals surface area contributed by atoms with Gasteiger partial charge in [-0.05, 0) is 6.42 Å². The third-order valence-corrected chi connectivity index (χ3v) is 4.74. The Morgan fingerprint density at radius 2 is 1.00 bits per heavy atom. The fourth-order valence-corrected chi connectivity index (χ4v) is 2.65. The monoisotopic (exact) mass is 448 g/mol. The molecule has 1 N–H and O–H groups in total. The van der Waals surface area contributed by atoms with E-state index in [1.54, 1.807) is 0 Å². The highest BCUT2D eigenvalue weighted by Crippen LogP contribution is 2.13. The number of rotatable bonds is 16. The largest absolute Gasteiger partial charge is 0.481 e. The van der Waals surface area contributed by atoms with Crippen molar-refractivity contribution in [3.05, 3.63) is 10.0 Å². The fourth-order valence-electron chi connectivity index (χ4n) is 2.65. The molecule has 0 unspecified atom stereocenters. The minimum absolute atomic E-state index is 0. The summed E-state index contributed by atoms with van der Waals surface area (Å²) in [5.74, 6) is -0.653. The maximum atomic E-state index is 10.3. The van der Waals surface area contributed by atoms with E-state index >= 15 is 0 Å². The molecule has 0 atom stereocenters. The smallest absolute Gasteiger partial charge is 0.303 e. The molecule has 0 aromatic carbocycles. The number of hydrogen-bond acceptors (Lipinski definition) is 1. The summed E-state index contributed by atoms with van der Waals surface area (Å²) >= 11 is 14.8. The van der Waals surface area contributed by atoms with Gasteiger partial charge in [-0.25, -0.2) is 0 Å². The van der Waals surface area contributed by atoms with E-state index in [2.05, 4.69) is 6.92 Å². The Morgan fingerprint density at radius 3 is 1.23 bits per heavy atom. The van der Waals surface area contributed by atoms with E-state index in [9.17, 15) is 4.79 Å². The van der Waals surface area contributed by atoms with Gasteiger partial charge in [0.05, 0.1) is 0 Å². The quantitative estimate of drug-likeness (QED) is 0.239. The summed E-state index contributed by atoms with van der Waals surface area (Å²) in [6.07, 6.45) is 20.2. The molecule has 0 aromatic rings. The molecule has 158 valence electrons. The lowest BCUT2D eigenvalue weighted by molar-refractivity contribution is -0.137. The SMILES string of the molecule is CCCCCCCCCCCCCCCCCC(=O)O.ClC=C(Cl)Cl.S. The highest BCUT2D eigenvalue weighted by atomic mass is 35.5. The number of aliphatic carboxylic acids is 1. The van der Waals surface area contributed by atoms with Gasteiger partial charge in [-0.2, -0.15) is 13.5 Å². The van der Waals surface area contributed by atoms with Crippen molar-refractivity contribution in [3.63, 3.8) is 0 Å². The summed E-state index contributed by atoms with van der Waals surface area (Å²) in [5, 5.41) is 8.52. The Balaban J connectivity index is -0.000000772. The minimum atomic E-state index is -0.653. The lowest BCUT2D eigenvalue weighted by Gasteiger charge is -2.03. The van der Waals surface area contributed by atoms with Crippen molar-refractivity contribution >= 4 is 54.3 Å². The zero-order valence-corrected chi connectivity index (χ0v) is 19.6. The topological polar surface area (TPSA) is 37.3 Å². The second-order valence-electron chi connectivity index (χ2n) is 6.49. The predicted octanol–water partition coefficient (Wildman–Crippen LogP) is 8.95. The van der Waals surface area contributed by atoms with Gasteiger partial charge in [0, 0.05) is 12.0 Å². The fraction of sp³-hybridized carbons (Fsp3) is 0.850. The maximum absolute atomic E-state index is 10.3. The molecule has 0 heterocycles. The second-order valence-corrected chi connectivity index (χ2v) is 7.72.